The Kier molecular flexibility index (Phi) is 7.70. The molecule has 0 spiro atoms. The second kappa shape index (κ2) is 10.9. The van der Waals surface area contributed by atoms with E-state index in [4.69, 9.17) is 9.47 Å². The van der Waals surface area contributed by atoms with E-state index in [1.807, 2.05) is 56.9 Å². The maximum absolute atomic E-state index is 12.8. The molecule has 1 N–H and O–H groups in total. The van der Waals surface area contributed by atoms with Crippen LogP contribution in [0.1, 0.15) is 50.9 Å². The largest absolute Gasteiger partial charge is 0.491 e. The average molecular weight is 494 g/mol. The van der Waals surface area contributed by atoms with Crippen LogP contribution in [-0.4, -0.2) is 29.4 Å². The van der Waals surface area contributed by atoms with Crippen LogP contribution in [-0.2, 0) is 4.79 Å². The van der Waals surface area contributed by atoms with Gasteiger partial charge in [0.25, 0.3) is 5.91 Å². The minimum absolute atomic E-state index is 0.0599. The first kappa shape index (κ1) is 24.7. The van der Waals surface area contributed by atoms with E-state index in [1.54, 1.807) is 29.8 Å². The third kappa shape index (κ3) is 6.82. The van der Waals surface area contributed by atoms with Crippen LogP contribution in [0.3, 0.4) is 0 Å². The normalized spacial score (nSPS) is 13.1. The van der Waals surface area contributed by atoms with Crippen LogP contribution in [0.4, 0.5) is 10.8 Å². The highest BCUT2D eigenvalue weighted by atomic mass is 32.1. The molecule has 0 radical (unpaired) electrons. The molecule has 1 fully saturated rings. The number of aromatic nitrogens is 1. The van der Waals surface area contributed by atoms with Gasteiger partial charge in [-0.05, 0) is 69.0 Å². The second-order valence-corrected chi connectivity index (χ2v) is 10.2. The summed E-state index contributed by atoms with van der Waals surface area (Å²) in [6.07, 6.45) is 3.93. The smallest absolute Gasteiger partial charge is 0.257 e. The number of nitrogens with zero attached hydrogens (tertiary/aromatic N) is 2. The van der Waals surface area contributed by atoms with E-state index >= 15 is 0 Å². The third-order valence-corrected chi connectivity index (χ3v) is 6.14. The number of amides is 2. The number of hydrogen-bond acceptors (Lipinski definition) is 6. The predicted octanol–water partition coefficient (Wildman–Crippen LogP) is 6.37. The van der Waals surface area contributed by atoms with Crippen molar-refractivity contribution < 1.29 is 19.1 Å². The number of ether oxygens (including phenoxy) is 2. The van der Waals surface area contributed by atoms with Crippen molar-refractivity contribution in [1.29, 1.82) is 0 Å². The maximum atomic E-state index is 12.8. The zero-order valence-corrected chi connectivity index (χ0v) is 21.3. The van der Waals surface area contributed by atoms with Gasteiger partial charge in [0.15, 0.2) is 5.13 Å². The molecule has 2 aromatic carbocycles. The van der Waals surface area contributed by atoms with Crippen molar-refractivity contribution in [3.05, 3.63) is 59.6 Å². The van der Waals surface area contributed by atoms with Gasteiger partial charge in [-0.15, -0.1) is 11.3 Å². The molecule has 1 aliphatic carbocycles. The molecule has 0 atom stereocenters. The molecule has 2 amide bonds. The van der Waals surface area contributed by atoms with Crippen molar-refractivity contribution in [1.82, 2.24) is 4.98 Å². The fourth-order valence-corrected chi connectivity index (χ4v) is 4.10. The Morgan fingerprint density at radius 3 is 2.37 bits per heavy atom. The standard InChI is InChI=1S/C27H31N3O4S/c1-17(2)26(32)30(16-19-5-6-19)21-7-9-22(10-8-21)34-24-14-20(13-23(15-24)33-18(3)4)25(31)29-27-28-11-12-35-27/h7-15,17-19H,5-6,16H2,1-4H3,(H,28,29,31). The van der Waals surface area contributed by atoms with Gasteiger partial charge in [-0.1, -0.05) is 13.8 Å². The Labute approximate surface area is 210 Å². The molecule has 0 unspecified atom stereocenters. The Hall–Kier alpha value is -3.39. The van der Waals surface area contributed by atoms with Gasteiger partial charge >= 0.3 is 0 Å². The molecular formula is C27H31N3O4S. The van der Waals surface area contributed by atoms with Gasteiger partial charge in [0.05, 0.1) is 6.10 Å². The van der Waals surface area contributed by atoms with Gasteiger partial charge < -0.3 is 14.4 Å². The molecule has 1 saturated carbocycles. The number of benzene rings is 2. The fraction of sp³-hybridized carbons (Fsp3) is 0.370. The van der Waals surface area contributed by atoms with E-state index < -0.39 is 0 Å². The topological polar surface area (TPSA) is 80.8 Å². The van der Waals surface area contributed by atoms with Crippen molar-refractivity contribution in [3.8, 4) is 17.2 Å². The highest BCUT2D eigenvalue weighted by molar-refractivity contribution is 7.13. The molecular weight excluding hydrogens is 462 g/mol. The summed E-state index contributed by atoms with van der Waals surface area (Å²) < 4.78 is 11.9. The lowest BCUT2D eigenvalue weighted by atomic mass is 10.1. The van der Waals surface area contributed by atoms with E-state index in [1.165, 1.54) is 24.2 Å². The number of hydrogen-bond donors (Lipinski definition) is 1. The van der Waals surface area contributed by atoms with Crippen LogP contribution in [0, 0.1) is 11.8 Å². The monoisotopic (exact) mass is 493 g/mol. The lowest BCUT2D eigenvalue weighted by Crippen LogP contribution is -2.35. The minimum atomic E-state index is -0.294. The zero-order chi connectivity index (χ0) is 24.9. The summed E-state index contributed by atoms with van der Waals surface area (Å²) in [6, 6.07) is 12.6. The van der Waals surface area contributed by atoms with E-state index in [0.717, 1.165) is 12.2 Å². The number of thiazole rings is 1. The number of anilines is 2. The minimum Gasteiger partial charge on any atom is -0.491 e. The van der Waals surface area contributed by atoms with Gasteiger partial charge in [0, 0.05) is 41.4 Å². The number of carbonyl (C=O) groups is 2. The maximum Gasteiger partial charge on any atom is 0.257 e. The van der Waals surface area contributed by atoms with Crippen LogP contribution in [0.25, 0.3) is 0 Å². The number of rotatable bonds is 10. The number of nitrogens with one attached hydrogen (secondary N) is 1. The summed E-state index contributed by atoms with van der Waals surface area (Å²) in [5.74, 6) is 1.97. The molecule has 3 aromatic rings. The summed E-state index contributed by atoms with van der Waals surface area (Å²) in [6.45, 7) is 8.45. The van der Waals surface area contributed by atoms with Crippen LogP contribution in [0.5, 0.6) is 17.2 Å². The average Bonchev–Trinajstić information content (AvgIpc) is 3.50. The lowest BCUT2D eigenvalue weighted by Gasteiger charge is -2.25. The summed E-state index contributed by atoms with van der Waals surface area (Å²) in [4.78, 5) is 31.5. The Balaban J connectivity index is 1.54. The molecule has 1 heterocycles. The molecule has 8 heteroatoms. The zero-order valence-electron chi connectivity index (χ0n) is 20.5. The Morgan fingerprint density at radius 1 is 1.06 bits per heavy atom. The molecule has 0 aliphatic heterocycles. The van der Waals surface area contributed by atoms with E-state index in [2.05, 4.69) is 10.3 Å². The molecule has 1 aliphatic rings. The summed E-state index contributed by atoms with van der Waals surface area (Å²) in [7, 11) is 0. The first-order chi connectivity index (χ1) is 16.8. The molecule has 0 saturated heterocycles. The van der Waals surface area contributed by atoms with Crippen molar-refractivity contribution in [2.24, 2.45) is 11.8 Å². The van der Waals surface area contributed by atoms with Crippen molar-refractivity contribution in [2.45, 2.75) is 46.6 Å². The lowest BCUT2D eigenvalue weighted by molar-refractivity contribution is -0.121. The third-order valence-electron chi connectivity index (χ3n) is 5.45. The van der Waals surface area contributed by atoms with Gasteiger partial charge in [0.1, 0.15) is 17.2 Å². The van der Waals surface area contributed by atoms with Gasteiger partial charge in [-0.2, -0.15) is 0 Å². The summed E-state index contributed by atoms with van der Waals surface area (Å²) in [5.41, 5.74) is 1.27. The van der Waals surface area contributed by atoms with E-state index in [9.17, 15) is 9.59 Å². The molecule has 184 valence electrons. The van der Waals surface area contributed by atoms with Crippen LogP contribution in [0.2, 0.25) is 0 Å². The quantitative estimate of drug-likeness (QED) is 0.355. The SMILES string of the molecule is CC(C)Oc1cc(Oc2ccc(N(CC3CC3)C(=O)C(C)C)cc2)cc(C(=O)Nc2nccs2)c1. The van der Waals surface area contributed by atoms with Gasteiger partial charge in [-0.25, -0.2) is 4.98 Å². The van der Waals surface area contributed by atoms with Gasteiger partial charge in [0.2, 0.25) is 5.91 Å². The Morgan fingerprint density at radius 2 is 1.77 bits per heavy atom. The van der Waals surface area contributed by atoms with E-state index in [-0.39, 0.29) is 23.8 Å². The van der Waals surface area contributed by atoms with E-state index in [0.29, 0.717) is 33.9 Å². The second-order valence-electron chi connectivity index (χ2n) is 9.29. The first-order valence-electron chi connectivity index (χ1n) is 11.9. The van der Waals surface area contributed by atoms with Crippen molar-refractivity contribution >= 4 is 34.0 Å². The van der Waals surface area contributed by atoms with Crippen LogP contribution >= 0.6 is 11.3 Å². The van der Waals surface area contributed by atoms with Crippen LogP contribution < -0.4 is 19.7 Å². The summed E-state index contributed by atoms with van der Waals surface area (Å²) >= 11 is 1.35. The Bertz CT molecular complexity index is 1160. The molecule has 4 rings (SSSR count). The highest BCUT2D eigenvalue weighted by Gasteiger charge is 2.28. The van der Waals surface area contributed by atoms with Crippen molar-refractivity contribution in [2.75, 3.05) is 16.8 Å². The molecule has 1 aromatic heterocycles. The van der Waals surface area contributed by atoms with Crippen LogP contribution in [0.15, 0.2) is 54.0 Å². The molecule has 7 nitrogen and oxygen atoms in total. The predicted molar refractivity (Wildman–Crippen MR) is 139 cm³/mol. The highest BCUT2D eigenvalue weighted by Crippen LogP contribution is 2.34. The first-order valence-corrected chi connectivity index (χ1v) is 12.8. The fourth-order valence-electron chi connectivity index (χ4n) is 3.58. The summed E-state index contributed by atoms with van der Waals surface area (Å²) in [5, 5.41) is 5.11. The number of carbonyl (C=O) groups excluding carboxylic acids is 2. The van der Waals surface area contributed by atoms with Gasteiger partial charge in [-0.3, -0.25) is 14.9 Å². The van der Waals surface area contributed by atoms with Crippen molar-refractivity contribution in [3.63, 3.8) is 0 Å². The molecule has 35 heavy (non-hydrogen) atoms. The molecule has 0 bridgehead atoms.